The summed E-state index contributed by atoms with van der Waals surface area (Å²) in [5.41, 5.74) is 0. The van der Waals surface area contributed by atoms with Gasteiger partial charge in [0.25, 0.3) is 0 Å². The first-order valence-corrected chi connectivity index (χ1v) is 18.4. The van der Waals surface area contributed by atoms with Crippen molar-refractivity contribution in [1.82, 2.24) is 20.7 Å². The number of rotatable bonds is 30. The highest BCUT2D eigenvalue weighted by Crippen LogP contribution is 2.12. The van der Waals surface area contributed by atoms with Crippen LogP contribution in [0.4, 0.5) is 0 Å². The Labute approximate surface area is 260 Å². The molecule has 0 bridgehead atoms. The van der Waals surface area contributed by atoms with Gasteiger partial charge in [0.15, 0.2) is 0 Å². The van der Waals surface area contributed by atoms with Crippen molar-refractivity contribution >= 4 is 33.7 Å². The van der Waals surface area contributed by atoms with Gasteiger partial charge >= 0.3 is 5.97 Å². The van der Waals surface area contributed by atoms with Gasteiger partial charge in [-0.25, -0.2) is 13.1 Å². The monoisotopic (exact) mass is 632 g/mol. The molecule has 0 aromatic heterocycles. The first kappa shape index (κ1) is 40.8. The van der Waals surface area contributed by atoms with Crippen molar-refractivity contribution < 1.29 is 32.7 Å². The number of sulfonamides is 1. The zero-order valence-corrected chi connectivity index (χ0v) is 27.7. The summed E-state index contributed by atoms with van der Waals surface area (Å²) in [6.07, 6.45) is 20.0. The number of aliphatic carboxylic acids is 1. The Balaban J connectivity index is 3.90. The average molecular weight is 633 g/mol. The van der Waals surface area contributed by atoms with E-state index < -0.39 is 34.4 Å². The second-order valence-corrected chi connectivity index (χ2v) is 13.4. The van der Waals surface area contributed by atoms with Crippen LogP contribution in [-0.2, 0) is 29.2 Å². The summed E-state index contributed by atoms with van der Waals surface area (Å²) in [6, 6.07) is -1.09. The summed E-state index contributed by atoms with van der Waals surface area (Å²) >= 11 is 0. The molecule has 0 spiro atoms. The lowest BCUT2D eigenvalue weighted by Gasteiger charge is -2.17. The lowest BCUT2D eigenvalue weighted by Crippen LogP contribution is -2.48. The van der Waals surface area contributed by atoms with Crippen LogP contribution in [0.15, 0.2) is 0 Å². The van der Waals surface area contributed by atoms with Crippen molar-refractivity contribution in [2.24, 2.45) is 0 Å². The van der Waals surface area contributed by atoms with E-state index in [2.05, 4.69) is 27.6 Å². The summed E-state index contributed by atoms with van der Waals surface area (Å²) in [4.78, 5) is 47.9. The molecule has 3 amide bonds. The van der Waals surface area contributed by atoms with Gasteiger partial charge in [-0.15, -0.1) is 0 Å². The summed E-state index contributed by atoms with van der Waals surface area (Å²) < 4.78 is 24.4. The number of amides is 3. The summed E-state index contributed by atoms with van der Waals surface area (Å²) in [5, 5.41) is 17.3. The Kier molecular flexibility index (Phi) is 25.9. The zero-order chi connectivity index (χ0) is 32.2. The minimum atomic E-state index is -3.17. The predicted molar refractivity (Wildman–Crippen MR) is 171 cm³/mol. The number of hydrogen-bond donors (Lipinski definition) is 5. The standard InChI is InChI=1S/C31H60N4O7S/c1-3-4-5-6-7-8-9-10-11-12-13-18-24-33-31(40)27(26-30(38)39)35-29(37)22-17-14-19-23-32-28(36)21-16-15-20-25-34-43(2,41)42/h27,34H,3-26H2,1-2H3,(H,32,36)(H,33,40)(H,35,37)(H,38,39). The first-order valence-electron chi connectivity index (χ1n) is 16.5. The van der Waals surface area contributed by atoms with E-state index >= 15 is 0 Å². The van der Waals surface area contributed by atoms with E-state index in [9.17, 15) is 32.7 Å². The molecule has 0 aliphatic rings. The Hall–Kier alpha value is -2.21. The molecule has 1 unspecified atom stereocenters. The largest absolute Gasteiger partial charge is 0.481 e. The molecule has 0 saturated heterocycles. The van der Waals surface area contributed by atoms with Crippen molar-refractivity contribution in [1.29, 1.82) is 0 Å². The third kappa shape index (κ3) is 29.6. The molecule has 0 aliphatic carbocycles. The van der Waals surface area contributed by atoms with E-state index in [0.29, 0.717) is 58.2 Å². The zero-order valence-electron chi connectivity index (χ0n) is 26.9. The highest BCUT2D eigenvalue weighted by molar-refractivity contribution is 7.88. The highest BCUT2D eigenvalue weighted by Gasteiger charge is 2.23. The molecule has 0 fully saturated rings. The molecule has 0 rings (SSSR count). The van der Waals surface area contributed by atoms with Gasteiger partial charge in [0.05, 0.1) is 12.7 Å². The van der Waals surface area contributed by atoms with Gasteiger partial charge in [0.1, 0.15) is 6.04 Å². The molecule has 0 aromatic rings. The number of carboxylic acid groups (broad SMARTS) is 1. The van der Waals surface area contributed by atoms with Crippen molar-refractivity contribution in [3.05, 3.63) is 0 Å². The predicted octanol–water partition coefficient (Wildman–Crippen LogP) is 4.55. The van der Waals surface area contributed by atoms with Gasteiger partial charge < -0.3 is 21.1 Å². The number of carbonyl (C=O) groups excluding carboxylic acids is 3. The van der Waals surface area contributed by atoms with Crippen LogP contribution in [0, 0.1) is 0 Å². The molecule has 0 saturated carbocycles. The molecule has 43 heavy (non-hydrogen) atoms. The minimum absolute atomic E-state index is 0.0557. The van der Waals surface area contributed by atoms with Gasteiger partial charge in [-0.3, -0.25) is 19.2 Å². The van der Waals surface area contributed by atoms with Crippen LogP contribution in [-0.4, -0.2) is 69.1 Å². The maximum Gasteiger partial charge on any atom is 0.305 e. The molecule has 252 valence electrons. The summed E-state index contributed by atoms with van der Waals surface area (Å²) in [7, 11) is -3.17. The molecule has 11 nitrogen and oxygen atoms in total. The maximum atomic E-state index is 12.5. The van der Waals surface area contributed by atoms with Crippen molar-refractivity contribution in [2.45, 2.75) is 148 Å². The number of carboxylic acids is 1. The van der Waals surface area contributed by atoms with Gasteiger partial charge in [0, 0.05) is 32.5 Å². The van der Waals surface area contributed by atoms with Gasteiger partial charge in [-0.1, -0.05) is 90.4 Å². The van der Waals surface area contributed by atoms with Crippen molar-refractivity contribution in [3.63, 3.8) is 0 Å². The van der Waals surface area contributed by atoms with Crippen LogP contribution >= 0.6 is 0 Å². The van der Waals surface area contributed by atoms with Gasteiger partial charge in [0.2, 0.25) is 27.7 Å². The van der Waals surface area contributed by atoms with E-state index in [4.69, 9.17) is 0 Å². The van der Waals surface area contributed by atoms with Crippen LogP contribution in [0.2, 0.25) is 0 Å². The van der Waals surface area contributed by atoms with Crippen LogP contribution in [0.25, 0.3) is 0 Å². The third-order valence-electron chi connectivity index (χ3n) is 7.21. The number of carbonyl (C=O) groups is 4. The fourth-order valence-electron chi connectivity index (χ4n) is 4.70. The van der Waals surface area contributed by atoms with Gasteiger partial charge in [-0.2, -0.15) is 0 Å². The van der Waals surface area contributed by atoms with E-state index in [-0.39, 0.29) is 18.2 Å². The van der Waals surface area contributed by atoms with E-state index in [1.807, 2.05) is 0 Å². The number of hydrogen-bond acceptors (Lipinski definition) is 6. The molecule has 1 atom stereocenters. The van der Waals surface area contributed by atoms with E-state index in [1.165, 1.54) is 57.8 Å². The fourth-order valence-corrected chi connectivity index (χ4v) is 5.21. The minimum Gasteiger partial charge on any atom is -0.481 e. The van der Waals surface area contributed by atoms with Crippen LogP contribution < -0.4 is 20.7 Å². The quantitative estimate of drug-likeness (QED) is 0.0723. The molecule has 0 aromatic carbocycles. The second-order valence-electron chi connectivity index (χ2n) is 11.5. The Morgan fingerprint density at radius 1 is 0.605 bits per heavy atom. The molecule has 12 heteroatoms. The number of unbranched alkanes of at least 4 members (excludes halogenated alkanes) is 15. The maximum absolute atomic E-state index is 12.5. The number of nitrogens with one attached hydrogen (secondary N) is 4. The second kappa shape index (κ2) is 27.3. The van der Waals surface area contributed by atoms with E-state index in [0.717, 1.165) is 31.9 Å². The van der Waals surface area contributed by atoms with Crippen LogP contribution in [0.5, 0.6) is 0 Å². The fraction of sp³-hybridized carbons (Fsp3) is 0.871. The molecular formula is C31H60N4O7S. The molecule has 0 aliphatic heterocycles. The SMILES string of the molecule is CCCCCCCCCCCCCCNC(=O)C(CC(=O)O)NC(=O)CCCCCNC(=O)CCCCCNS(C)(=O)=O. The van der Waals surface area contributed by atoms with Crippen molar-refractivity contribution in [2.75, 3.05) is 25.9 Å². The highest BCUT2D eigenvalue weighted by atomic mass is 32.2. The third-order valence-corrected chi connectivity index (χ3v) is 7.94. The smallest absolute Gasteiger partial charge is 0.305 e. The summed E-state index contributed by atoms with van der Waals surface area (Å²) in [5.74, 6) is -2.03. The molecule has 5 N–H and O–H groups in total. The lowest BCUT2D eigenvalue weighted by molar-refractivity contribution is -0.140. The first-order chi connectivity index (χ1) is 20.5. The normalized spacial score (nSPS) is 12.0. The topological polar surface area (TPSA) is 171 Å². The average Bonchev–Trinajstić information content (AvgIpc) is 2.93. The van der Waals surface area contributed by atoms with Crippen molar-refractivity contribution in [3.8, 4) is 0 Å². The lowest BCUT2D eigenvalue weighted by atomic mass is 10.1. The van der Waals surface area contributed by atoms with Gasteiger partial charge in [-0.05, 0) is 32.1 Å². The molecular weight excluding hydrogens is 572 g/mol. The Bertz CT molecular complexity index is 868. The van der Waals surface area contributed by atoms with Crippen LogP contribution in [0.1, 0.15) is 142 Å². The molecule has 0 radical (unpaired) electrons. The molecule has 0 heterocycles. The van der Waals surface area contributed by atoms with Crippen LogP contribution in [0.3, 0.4) is 0 Å². The van der Waals surface area contributed by atoms with E-state index in [1.54, 1.807) is 0 Å². The summed E-state index contributed by atoms with van der Waals surface area (Å²) in [6.45, 7) is 3.57. The Morgan fingerprint density at radius 2 is 1.05 bits per heavy atom. The Morgan fingerprint density at radius 3 is 1.56 bits per heavy atom.